The van der Waals surface area contributed by atoms with Gasteiger partial charge in [-0.05, 0) is 17.7 Å². The number of hydrogen-bond donors (Lipinski definition) is 0. The van der Waals surface area contributed by atoms with E-state index in [9.17, 15) is 0 Å². The minimum atomic E-state index is 0.728. The van der Waals surface area contributed by atoms with Crippen molar-refractivity contribution in [1.29, 1.82) is 0 Å². The molecule has 0 amide bonds. The van der Waals surface area contributed by atoms with Crippen molar-refractivity contribution in [2.75, 3.05) is 5.33 Å². The van der Waals surface area contributed by atoms with E-state index < -0.39 is 0 Å². The maximum absolute atomic E-state index is 3.29. The smallest absolute Gasteiger partial charge is 0.0775 e. The molecule has 0 bridgehead atoms. The molecular weight excluding hydrogens is 268 g/mol. The van der Waals surface area contributed by atoms with Crippen LogP contribution in [0.3, 0.4) is 0 Å². The van der Waals surface area contributed by atoms with Gasteiger partial charge in [0.2, 0.25) is 0 Å². The second-order valence-corrected chi connectivity index (χ2v) is 4.61. The molecule has 0 fully saturated rings. The summed E-state index contributed by atoms with van der Waals surface area (Å²) in [6, 6.07) is 14.6. The van der Waals surface area contributed by atoms with E-state index in [0.29, 0.717) is 0 Å². The van der Waals surface area contributed by atoms with Crippen LogP contribution in [0.1, 0.15) is 4.88 Å². The summed E-state index contributed by atoms with van der Waals surface area (Å²) < 4.78 is 0. The van der Waals surface area contributed by atoms with Gasteiger partial charge in [-0.25, -0.2) is 0 Å². The summed E-state index contributed by atoms with van der Waals surface area (Å²) >= 11 is 5.02. The lowest BCUT2D eigenvalue weighted by Gasteiger charge is -1.93. The molecule has 0 radical (unpaired) electrons. The predicted molar refractivity (Wildman–Crippen MR) is 70.4 cm³/mol. The Morgan fingerprint density at radius 3 is 2.60 bits per heavy atom. The first kappa shape index (κ1) is 10.5. The molecule has 0 nitrogen and oxygen atoms in total. The van der Waals surface area contributed by atoms with Gasteiger partial charge in [0.1, 0.15) is 0 Å². The van der Waals surface area contributed by atoms with E-state index in [1.54, 1.807) is 11.3 Å². The van der Waals surface area contributed by atoms with Crippen LogP contribution in [0.25, 0.3) is 10.4 Å². The summed E-state index contributed by atoms with van der Waals surface area (Å²) in [5.41, 5.74) is 1.26. The summed E-state index contributed by atoms with van der Waals surface area (Å²) in [5.74, 6) is 6.11. The van der Waals surface area contributed by atoms with E-state index in [1.807, 2.05) is 6.07 Å². The number of rotatable bonds is 1. The number of thiophene rings is 1. The Labute approximate surface area is 102 Å². The van der Waals surface area contributed by atoms with E-state index in [-0.39, 0.29) is 0 Å². The van der Waals surface area contributed by atoms with Crippen molar-refractivity contribution < 1.29 is 0 Å². The predicted octanol–water partition coefficient (Wildman–Crippen LogP) is 4.16. The zero-order valence-electron chi connectivity index (χ0n) is 8.03. The molecule has 1 aromatic heterocycles. The van der Waals surface area contributed by atoms with E-state index in [4.69, 9.17) is 0 Å². The lowest BCUT2D eigenvalue weighted by Crippen LogP contribution is -1.67. The molecule has 2 heteroatoms. The Balaban J connectivity index is 2.28. The van der Waals surface area contributed by atoms with Crippen LogP contribution in [0.5, 0.6) is 0 Å². The van der Waals surface area contributed by atoms with Crippen molar-refractivity contribution in [3.05, 3.63) is 47.3 Å². The largest absolute Gasteiger partial charge is 0.127 e. The third kappa shape index (κ3) is 2.71. The maximum atomic E-state index is 3.29. The molecule has 1 heterocycles. The molecule has 15 heavy (non-hydrogen) atoms. The van der Waals surface area contributed by atoms with Gasteiger partial charge in [0.05, 0.1) is 10.2 Å². The SMILES string of the molecule is BrCC#Cc1ccc(-c2ccccc2)s1. The first-order valence-corrected chi connectivity index (χ1v) is 6.54. The minimum Gasteiger partial charge on any atom is -0.127 e. The molecule has 0 aliphatic rings. The van der Waals surface area contributed by atoms with Gasteiger partial charge in [-0.3, -0.25) is 0 Å². The molecule has 0 N–H and O–H groups in total. The van der Waals surface area contributed by atoms with Gasteiger partial charge < -0.3 is 0 Å². The van der Waals surface area contributed by atoms with Gasteiger partial charge >= 0.3 is 0 Å². The normalized spacial score (nSPS) is 9.40. The highest BCUT2D eigenvalue weighted by molar-refractivity contribution is 9.09. The van der Waals surface area contributed by atoms with Gasteiger partial charge in [-0.1, -0.05) is 58.1 Å². The molecular formula is C13H9BrS. The highest BCUT2D eigenvalue weighted by Gasteiger charge is 1.99. The van der Waals surface area contributed by atoms with Crippen molar-refractivity contribution >= 4 is 27.3 Å². The van der Waals surface area contributed by atoms with Crippen molar-refractivity contribution in [2.45, 2.75) is 0 Å². The summed E-state index contributed by atoms with van der Waals surface area (Å²) in [4.78, 5) is 2.39. The zero-order valence-corrected chi connectivity index (χ0v) is 10.4. The molecule has 0 atom stereocenters. The van der Waals surface area contributed by atoms with Crippen LogP contribution in [0.4, 0.5) is 0 Å². The lowest BCUT2D eigenvalue weighted by atomic mass is 10.2. The third-order valence-corrected chi connectivity index (χ3v) is 3.27. The molecule has 0 spiro atoms. The molecule has 74 valence electrons. The average Bonchev–Trinajstić information content (AvgIpc) is 2.76. The topological polar surface area (TPSA) is 0 Å². The fourth-order valence-corrected chi connectivity index (χ4v) is 2.31. The maximum Gasteiger partial charge on any atom is 0.0775 e. The first-order chi connectivity index (χ1) is 7.40. The van der Waals surface area contributed by atoms with E-state index in [0.717, 1.165) is 10.2 Å². The van der Waals surface area contributed by atoms with Crippen molar-refractivity contribution in [3.8, 4) is 22.3 Å². The lowest BCUT2D eigenvalue weighted by molar-refractivity contribution is 1.70. The Morgan fingerprint density at radius 2 is 1.87 bits per heavy atom. The van der Waals surface area contributed by atoms with Crippen LogP contribution in [0, 0.1) is 11.8 Å². The second kappa shape index (κ2) is 5.16. The fourth-order valence-electron chi connectivity index (χ4n) is 1.28. The fraction of sp³-hybridized carbons (Fsp3) is 0.0769. The highest BCUT2D eigenvalue weighted by atomic mass is 79.9. The van der Waals surface area contributed by atoms with Crippen LogP contribution in [-0.4, -0.2) is 5.33 Å². The van der Waals surface area contributed by atoms with Crippen LogP contribution < -0.4 is 0 Å². The molecule has 2 aromatic rings. The Bertz CT molecular complexity index is 488. The zero-order chi connectivity index (χ0) is 10.5. The third-order valence-electron chi connectivity index (χ3n) is 1.94. The Hall–Kier alpha value is -1.04. The number of hydrogen-bond acceptors (Lipinski definition) is 1. The van der Waals surface area contributed by atoms with Crippen molar-refractivity contribution in [2.24, 2.45) is 0 Å². The summed E-state index contributed by atoms with van der Waals surface area (Å²) in [6.07, 6.45) is 0. The van der Waals surface area contributed by atoms with Gasteiger partial charge in [-0.2, -0.15) is 0 Å². The quantitative estimate of drug-likeness (QED) is 0.542. The van der Waals surface area contributed by atoms with Gasteiger partial charge in [0, 0.05) is 4.88 Å². The number of alkyl halides is 1. The van der Waals surface area contributed by atoms with E-state index >= 15 is 0 Å². The monoisotopic (exact) mass is 276 g/mol. The Morgan fingerprint density at radius 1 is 1.07 bits per heavy atom. The Kier molecular flexibility index (Phi) is 3.60. The summed E-state index contributed by atoms with van der Waals surface area (Å²) in [6.45, 7) is 0. The van der Waals surface area contributed by atoms with Crippen molar-refractivity contribution in [1.82, 2.24) is 0 Å². The van der Waals surface area contributed by atoms with E-state index in [2.05, 4.69) is 64.2 Å². The number of halogens is 1. The molecule has 2 rings (SSSR count). The van der Waals surface area contributed by atoms with Crippen LogP contribution in [-0.2, 0) is 0 Å². The van der Waals surface area contributed by atoms with Gasteiger partial charge in [-0.15, -0.1) is 11.3 Å². The summed E-state index contributed by atoms with van der Waals surface area (Å²) in [7, 11) is 0. The number of benzene rings is 1. The molecule has 0 aliphatic heterocycles. The average molecular weight is 277 g/mol. The minimum absolute atomic E-state index is 0.728. The highest BCUT2D eigenvalue weighted by Crippen LogP contribution is 2.27. The van der Waals surface area contributed by atoms with Crippen LogP contribution in [0.15, 0.2) is 42.5 Å². The molecule has 0 aliphatic carbocycles. The van der Waals surface area contributed by atoms with E-state index in [1.165, 1.54) is 10.4 Å². The van der Waals surface area contributed by atoms with Crippen LogP contribution in [0.2, 0.25) is 0 Å². The van der Waals surface area contributed by atoms with Crippen molar-refractivity contribution in [3.63, 3.8) is 0 Å². The standard InChI is InChI=1S/C13H9BrS/c14-10-4-7-12-8-9-13(15-12)11-5-2-1-3-6-11/h1-3,5-6,8-9H,10H2. The molecule has 0 unspecified atom stereocenters. The van der Waals surface area contributed by atoms with Gasteiger partial charge in [0.15, 0.2) is 0 Å². The second-order valence-electron chi connectivity index (χ2n) is 2.97. The summed E-state index contributed by atoms with van der Waals surface area (Å²) in [5, 5.41) is 0.728. The molecule has 1 aromatic carbocycles. The molecule has 0 saturated carbocycles. The van der Waals surface area contributed by atoms with Gasteiger partial charge in [0.25, 0.3) is 0 Å². The first-order valence-electron chi connectivity index (χ1n) is 4.60. The molecule has 0 saturated heterocycles. The van der Waals surface area contributed by atoms with Crippen LogP contribution >= 0.6 is 27.3 Å².